The van der Waals surface area contributed by atoms with Gasteiger partial charge in [0.2, 0.25) is 0 Å². The lowest BCUT2D eigenvalue weighted by Crippen LogP contribution is -2.33. The van der Waals surface area contributed by atoms with E-state index in [1.807, 2.05) is 60.7 Å². The first-order valence-electron chi connectivity index (χ1n) is 9.69. The van der Waals surface area contributed by atoms with Crippen LogP contribution >= 0.6 is 0 Å². The topological polar surface area (TPSA) is 43.4 Å². The molecule has 4 heteroatoms. The van der Waals surface area contributed by atoms with Gasteiger partial charge in [0.1, 0.15) is 17.1 Å². The van der Waals surface area contributed by atoms with Crippen LogP contribution < -0.4 is 4.74 Å². The Kier molecular flexibility index (Phi) is 5.23. The van der Waals surface area contributed by atoms with Gasteiger partial charge in [-0.2, -0.15) is 0 Å². The zero-order valence-electron chi connectivity index (χ0n) is 15.8. The third-order valence-electron chi connectivity index (χ3n) is 5.61. The standard InChI is InChI=1S/C24H24O3S/c25-28(26,23-11-5-2-6-12-23)24(17-7-8-18-24)21-13-15-22(16-14-21)27-19-20-9-3-1-4-10-20/h1-6,9-16H,7-8,17-19H2. The summed E-state index contributed by atoms with van der Waals surface area (Å²) in [6, 6.07) is 26.4. The Hall–Kier alpha value is -2.59. The van der Waals surface area contributed by atoms with Crippen molar-refractivity contribution in [3.8, 4) is 5.75 Å². The number of hydrogen-bond donors (Lipinski definition) is 0. The molecule has 28 heavy (non-hydrogen) atoms. The third kappa shape index (κ3) is 3.45. The molecule has 3 aromatic rings. The minimum Gasteiger partial charge on any atom is -0.489 e. The van der Waals surface area contributed by atoms with Crippen molar-refractivity contribution in [2.75, 3.05) is 0 Å². The van der Waals surface area contributed by atoms with Crippen LogP contribution in [0, 0.1) is 0 Å². The summed E-state index contributed by atoms with van der Waals surface area (Å²) in [6.07, 6.45) is 3.18. The third-order valence-corrected chi connectivity index (χ3v) is 8.17. The Bertz CT molecular complexity index is 1000. The van der Waals surface area contributed by atoms with E-state index in [1.165, 1.54) is 0 Å². The van der Waals surface area contributed by atoms with E-state index < -0.39 is 14.6 Å². The maximum Gasteiger partial charge on any atom is 0.188 e. The molecule has 0 saturated heterocycles. The zero-order chi connectivity index (χ0) is 19.5. The van der Waals surface area contributed by atoms with Gasteiger partial charge in [-0.05, 0) is 48.2 Å². The SMILES string of the molecule is O=S(=O)(c1ccccc1)C1(c2ccc(OCc3ccccc3)cc2)CCCC1. The molecule has 1 saturated carbocycles. The number of benzene rings is 3. The molecule has 144 valence electrons. The fraction of sp³-hybridized carbons (Fsp3) is 0.250. The van der Waals surface area contributed by atoms with E-state index in [0.717, 1.165) is 29.7 Å². The highest BCUT2D eigenvalue weighted by Gasteiger charge is 2.48. The average molecular weight is 393 g/mol. The highest BCUT2D eigenvalue weighted by Crippen LogP contribution is 2.48. The first-order chi connectivity index (χ1) is 13.6. The lowest BCUT2D eigenvalue weighted by atomic mass is 9.96. The van der Waals surface area contributed by atoms with Crippen molar-refractivity contribution < 1.29 is 13.2 Å². The lowest BCUT2D eigenvalue weighted by Gasteiger charge is -2.29. The van der Waals surface area contributed by atoms with E-state index in [-0.39, 0.29) is 0 Å². The number of ether oxygens (including phenoxy) is 1. The van der Waals surface area contributed by atoms with Crippen molar-refractivity contribution in [3.63, 3.8) is 0 Å². The first kappa shape index (κ1) is 18.8. The minimum atomic E-state index is -3.46. The number of hydrogen-bond acceptors (Lipinski definition) is 3. The second-order valence-corrected chi connectivity index (χ2v) is 9.58. The summed E-state index contributed by atoms with van der Waals surface area (Å²) in [5.74, 6) is 0.748. The van der Waals surface area contributed by atoms with Crippen LogP contribution in [0.5, 0.6) is 5.75 Å². The van der Waals surface area contributed by atoms with Gasteiger partial charge in [-0.15, -0.1) is 0 Å². The van der Waals surface area contributed by atoms with Crippen molar-refractivity contribution in [2.45, 2.75) is 41.9 Å². The van der Waals surface area contributed by atoms with Crippen molar-refractivity contribution in [2.24, 2.45) is 0 Å². The Morgan fingerprint density at radius 2 is 1.32 bits per heavy atom. The van der Waals surface area contributed by atoms with Gasteiger partial charge in [0.05, 0.1) is 4.90 Å². The van der Waals surface area contributed by atoms with E-state index in [4.69, 9.17) is 4.74 Å². The van der Waals surface area contributed by atoms with Gasteiger partial charge in [0, 0.05) is 0 Å². The van der Waals surface area contributed by atoms with E-state index in [1.54, 1.807) is 24.3 Å². The monoisotopic (exact) mass is 392 g/mol. The van der Waals surface area contributed by atoms with E-state index >= 15 is 0 Å². The number of rotatable bonds is 6. The van der Waals surface area contributed by atoms with Crippen LogP contribution in [0.3, 0.4) is 0 Å². The molecule has 0 radical (unpaired) electrons. The molecule has 0 spiro atoms. The van der Waals surface area contributed by atoms with Gasteiger partial charge < -0.3 is 4.74 Å². The highest BCUT2D eigenvalue weighted by molar-refractivity contribution is 7.92. The molecule has 0 bridgehead atoms. The van der Waals surface area contributed by atoms with Gasteiger partial charge in [0.15, 0.2) is 9.84 Å². The van der Waals surface area contributed by atoms with Gasteiger partial charge in [-0.25, -0.2) is 8.42 Å². The predicted octanol–water partition coefficient (Wildman–Crippen LogP) is 5.51. The van der Waals surface area contributed by atoms with E-state index in [9.17, 15) is 8.42 Å². The van der Waals surface area contributed by atoms with Crippen molar-refractivity contribution in [3.05, 3.63) is 96.1 Å². The molecule has 4 rings (SSSR count). The average Bonchev–Trinajstić information content (AvgIpc) is 3.26. The summed E-state index contributed by atoms with van der Waals surface area (Å²) < 4.78 is 32.1. The predicted molar refractivity (Wildman–Crippen MR) is 111 cm³/mol. The maximum absolute atomic E-state index is 13.5. The van der Waals surface area contributed by atoms with Gasteiger partial charge in [-0.1, -0.05) is 73.5 Å². The fourth-order valence-electron chi connectivity index (χ4n) is 4.08. The molecule has 1 aliphatic carbocycles. The fourth-order valence-corrected chi connectivity index (χ4v) is 6.32. The Labute approximate surface area is 166 Å². The molecule has 0 amide bonds. The molecule has 0 aromatic heterocycles. The maximum atomic E-state index is 13.5. The molecular formula is C24H24O3S. The number of sulfone groups is 1. The van der Waals surface area contributed by atoms with Crippen LogP contribution in [0.4, 0.5) is 0 Å². The zero-order valence-corrected chi connectivity index (χ0v) is 16.6. The Balaban J connectivity index is 1.60. The molecule has 0 aliphatic heterocycles. The van der Waals surface area contributed by atoms with Crippen LogP contribution in [0.1, 0.15) is 36.8 Å². The van der Waals surface area contributed by atoms with Gasteiger partial charge in [0.25, 0.3) is 0 Å². The Morgan fingerprint density at radius 3 is 1.93 bits per heavy atom. The summed E-state index contributed by atoms with van der Waals surface area (Å²) in [6.45, 7) is 0.494. The minimum absolute atomic E-state index is 0.404. The Morgan fingerprint density at radius 1 is 0.750 bits per heavy atom. The van der Waals surface area contributed by atoms with Crippen LogP contribution in [-0.4, -0.2) is 8.42 Å². The van der Waals surface area contributed by atoms with E-state index in [0.29, 0.717) is 24.3 Å². The summed E-state index contributed by atoms with van der Waals surface area (Å²) in [5.41, 5.74) is 1.96. The smallest absolute Gasteiger partial charge is 0.188 e. The van der Waals surface area contributed by atoms with Crippen LogP contribution in [0.15, 0.2) is 89.8 Å². The quantitative estimate of drug-likeness (QED) is 0.556. The largest absolute Gasteiger partial charge is 0.489 e. The summed E-state index contributed by atoms with van der Waals surface area (Å²) >= 11 is 0. The molecule has 3 nitrogen and oxygen atoms in total. The molecule has 0 N–H and O–H groups in total. The molecule has 1 aliphatic rings. The summed E-state index contributed by atoms with van der Waals surface area (Å²) in [7, 11) is -3.46. The van der Waals surface area contributed by atoms with Gasteiger partial charge >= 0.3 is 0 Å². The molecule has 0 heterocycles. The van der Waals surface area contributed by atoms with Crippen LogP contribution in [-0.2, 0) is 21.2 Å². The first-order valence-corrected chi connectivity index (χ1v) is 11.2. The van der Waals surface area contributed by atoms with Crippen LogP contribution in [0.25, 0.3) is 0 Å². The second-order valence-electron chi connectivity index (χ2n) is 7.32. The van der Waals surface area contributed by atoms with Gasteiger partial charge in [-0.3, -0.25) is 0 Å². The van der Waals surface area contributed by atoms with Crippen molar-refractivity contribution in [1.82, 2.24) is 0 Å². The van der Waals surface area contributed by atoms with Crippen molar-refractivity contribution >= 4 is 9.84 Å². The van der Waals surface area contributed by atoms with Crippen LogP contribution in [0.2, 0.25) is 0 Å². The molecular weight excluding hydrogens is 368 g/mol. The second kappa shape index (κ2) is 7.80. The van der Waals surface area contributed by atoms with Crippen molar-refractivity contribution in [1.29, 1.82) is 0 Å². The molecule has 0 unspecified atom stereocenters. The lowest BCUT2D eigenvalue weighted by molar-refractivity contribution is 0.306. The normalized spacial score (nSPS) is 16.0. The molecule has 3 aromatic carbocycles. The molecule has 0 atom stereocenters. The summed E-state index contributed by atoms with van der Waals surface area (Å²) in [4.78, 5) is 0.404. The molecule has 1 fully saturated rings. The van der Waals surface area contributed by atoms with E-state index in [2.05, 4.69) is 0 Å². The summed E-state index contributed by atoms with van der Waals surface area (Å²) in [5, 5.41) is 0. The highest BCUT2D eigenvalue weighted by atomic mass is 32.2.